The smallest absolute Gasteiger partial charge is 0.133 e. The van der Waals surface area contributed by atoms with Crippen molar-refractivity contribution >= 4 is 11.3 Å². The second-order valence-corrected chi connectivity index (χ2v) is 5.09. The van der Waals surface area contributed by atoms with Crippen molar-refractivity contribution < 1.29 is 9.52 Å². The molecule has 0 aliphatic rings. The molecule has 0 unspecified atom stereocenters. The van der Waals surface area contributed by atoms with E-state index in [-0.39, 0.29) is 6.04 Å². The van der Waals surface area contributed by atoms with E-state index in [1.807, 2.05) is 13.0 Å². The average Bonchev–Trinajstić information content (AvgIpc) is 3.05. The molecule has 2 N–H and O–H groups in total. The van der Waals surface area contributed by atoms with Crippen LogP contribution >= 0.6 is 11.3 Å². The van der Waals surface area contributed by atoms with Crippen LogP contribution in [0.25, 0.3) is 0 Å². The van der Waals surface area contributed by atoms with E-state index in [1.54, 1.807) is 24.5 Å². The topological polar surface area (TPSA) is 69.2 Å². The molecule has 2 heterocycles. The number of nitrogens with zero attached hydrogens (tertiary/aromatic N) is 1. The molecule has 0 aliphatic heterocycles. The molecule has 94 valence electrons. The lowest BCUT2D eigenvalue weighted by atomic mass is 10.2. The summed E-state index contributed by atoms with van der Waals surface area (Å²) >= 11 is 1.46. The lowest BCUT2D eigenvalue weighted by Crippen LogP contribution is -2.23. The van der Waals surface area contributed by atoms with Gasteiger partial charge in [0.1, 0.15) is 22.8 Å². The van der Waals surface area contributed by atoms with Gasteiger partial charge in [-0.2, -0.15) is 5.26 Å². The number of rotatable bonds is 5. The summed E-state index contributed by atoms with van der Waals surface area (Å²) < 4.78 is 5.12. The monoisotopic (exact) mass is 262 g/mol. The van der Waals surface area contributed by atoms with Gasteiger partial charge in [0, 0.05) is 17.5 Å². The van der Waals surface area contributed by atoms with Crippen molar-refractivity contribution in [3.63, 3.8) is 0 Å². The maximum Gasteiger partial charge on any atom is 0.133 e. The SMILES string of the molecule is C[C@@H](NC[C@@H](O)c1ccco1)c1ccc(C#N)s1. The predicted octanol–water partition coefficient (Wildman–Crippen LogP) is 2.60. The van der Waals surface area contributed by atoms with E-state index in [2.05, 4.69) is 11.4 Å². The molecule has 0 bridgehead atoms. The third kappa shape index (κ3) is 2.99. The molecule has 2 aromatic heterocycles. The summed E-state index contributed by atoms with van der Waals surface area (Å²) in [5.74, 6) is 0.554. The highest BCUT2D eigenvalue weighted by Gasteiger charge is 2.13. The molecular formula is C13H14N2O2S. The summed E-state index contributed by atoms with van der Waals surface area (Å²) in [4.78, 5) is 1.78. The summed E-state index contributed by atoms with van der Waals surface area (Å²) in [7, 11) is 0. The van der Waals surface area contributed by atoms with Crippen molar-refractivity contribution in [1.29, 1.82) is 5.26 Å². The van der Waals surface area contributed by atoms with E-state index in [1.165, 1.54) is 11.3 Å². The molecule has 0 fully saturated rings. The van der Waals surface area contributed by atoms with Gasteiger partial charge < -0.3 is 14.8 Å². The minimum absolute atomic E-state index is 0.0988. The highest BCUT2D eigenvalue weighted by Crippen LogP contribution is 2.23. The molecule has 18 heavy (non-hydrogen) atoms. The van der Waals surface area contributed by atoms with Crippen LogP contribution in [0, 0.1) is 11.3 Å². The van der Waals surface area contributed by atoms with Crippen molar-refractivity contribution in [3.8, 4) is 6.07 Å². The number of aliphatic hydroxyl groups is 1. The van der Waals surface area contributed by atoms with Gasteiger partial charge in [-0.15, -0.1) is 11.3 Å². The number of aliphatic hydroxyl groups excluding tert-OH is 1. The van der Waals surface area contributed by atoms with Crippen molar-refractivity contribution in [2.24, 2.45) is 0 Å². The number of thiophene rings is 1. The quantitative estimate of drug-likeness (QED) is 0.869. The van der Waals surface area contributed by atoms with Crippen LogP contribution in [0.5, 0.6) is 0 Å². The molecule has 0 saturated heterocycles. The standard InChI is InChI=1S/C13H14N2O2S/c1-9(13-5-4-10(7-14)18-13)15-8-11(16)12-3-2-6-17-12/h2-6,9,11,15-16H,8H2,1H3/t9-,11-/m1/s1. The number of hydrogen-bond acceptors (Lipinski definition) is 5. The molecule has 0 aromatic carbocycles. The van der Waals surface area contributed by atoms with Gasteiger partial charge in [0.15, 0.2) is 0 Å². The van der Waals surface area contributed by atoms with Crippen LogP contribution in [0.15, 0.2) is 34.9 Å². The number of nitriles is 1. The highest BCUT2D eigenvalue weighted by atomic mass is 32.1. The fraction of sp³-hybridized carbons (Fsp3) is 0.308. The molecule has 4 nitrogen and oxygen atoms in total. The van der Waals surface area contributed by atoms with Crippen molar-refractivity contribution in [2.45, 2.75) is 19.1 Å². The van der Waals surface area contributed by atoms with Crippen LogP contribution in [0.3, 0.4) is 0 Å². The Kier molecular flexibility index (Phi) is 4.15. The van der Waals surface area contributed by atoms with E-state index in [0.717, 1.165) is 4.88 Å². The molecule has 0 radical (unpaired) electrons. The highest BCUT2D eigenvalue weighted by molar-refractivity contribution is 7.12. The third-order valence-electron chi connectivity index (χ3n) is 2.65. The number of furan rings is 1. The maximum absolute atomic E-state index is 9.85. The Hall–Kier alpha value is -1.61. The largest absolute Gasteiger partial charge is 0.467 e. The van der Waals surface area contributed by atoms with Gasteiger partial charge in [0.25, 0.3) is 0 Å². The Morgan fingerprint density at radius 2 is 2.33 bits per heavy atom. The van der Waals surface area contributed by atoms with E-state index in [0.29, 0.717) is 17.2 Å². The van der Waals surface area contributed by atoms with E-state index >= 15 is 0 Å². The predicted molar refractivity (Wildman–Crippen MR) is 69.1 cm³/mol. The molecule has 5 heteroatoms. The average molecular weight is 262 g/mol. The third-order valence-corrected chi connectivity index (χ3v) is 3.83. The van der Waals surface area contributed by atoms with Crippen LogP contribution < -0.4 is 5.32 Å². The molecule has 2 atom stereocenters. The summed E-state index contributed by atoms with van der Waals surface area (Å²) in [6.07, 6.45) is 0.887. The number of hydrogen-bond donors (Lipinski definition) is 2. The van der Waals surface area contributed by atoms with Gasteiger partial charge in [-0.3, -0.25) is 0 Å². The van der Waals surface area contributed by atoms with Gasteiger partial charge in [-0.05, 0) is 31.2 Å². The molecule has 2 aromatic rings. The van der Waals surface area contributed by atoms with Gasteiger partial charge in [-0.25, -0.2) is 0 Å². The maximum atomic E-state index is 9.85. The second-order valence-electron chi connectivity index (χ2n) is 3.97. The zero-order chi connectivity index (χ0) is 13.0. The molecule has 0 aliphatic carbocycles. The zero-order valence-electron chi connectivity index (χ0n) is 9.96. The van der Waals surface area contributed by atoms with Crippen molar-refractivity contribution in [3.05, 3.63) is 46.0 Å². The van der Waals surface area contributed by atoms with Gasteiger partial charge >= 0.3 is 0 Å². The first-order valence-electron chi connectivity index (χ1n) is 5.65. The summed E-state index contributed by atoms with van der Waals surface area (Å²) in [6.45, 7) is 2.41. The molecule has 0 amide bonds. The van der Waals surface area contributed by atoms with E-state index in [4.69, 9.17) is 9.68 Å². The first-order chi connectivity index (χ1) is 8.70. The van der Waals surface area contributed by atoms with Gasteiger partial charge in [-0.1, -0.05) is 0 Å². The first kappa shape index (κ1) is 12.8. The normalized spacial score (nSPS) is 14.1. The van der Waals surface area contributed by atoms with Crippen LogP contribution in [-0.2, 0) is 0 Å². The van der Waals surface area contributed by atoms with E-state index < -0.39 is 6.10 Å². The minimum Gasteiger partial charge on any atom is -0.467 e. The number of nitrogens with one attached hydrogen (secondary N) is 1. The van der Waals surface area contributed by atoms with Crippen LogP contribution in [-0.4, -0.2) is 11.7 Å². The Labute approximate surface area is 109 Å². The minimum atomic E-state index is -0.655. The Morgan fingerprint density at radius 3 is 2.94 bits per heavy atom. The molecule has 0 spiro atoms. The van der Waals surface area contributed by atoms with Crippen molar-refractivity contribution in [1.82, 2.24) is 5.32 Å². The summed E-state index contributed by atoms with van der Waals surface area (Å²) in [5, 5.41) is 21.8. The Morgan fingerprint density at radius 1 is 1.50 bits per heavy atom. The van der Waals surface area contributed by atoms with Crippen LogP contribution in [0.2, 0.25) is 0 Å². The Balaban J connectivity index is 1.88. The van der Waals surface area contributed by atoms with Gasteiger partial charge in [0.2, 0.25) is 0 Å². The van der Waals surface area contributed by atoms with Crippen LogP contribution in [0.1, 0.15) is 34.6 Å². The van der Waals surface area contributed by atoms with E-state index in [9.17, 15) is 5.11 Å². The molecule has 0 saturated carbocycles. The summed E-state index contributed by atoms with van der Waals surface area (Å²) in [5.41, 5.74) is 0. The molecule has 2 rings (SSSR count). The fourth-order valence-corrected chi connectivity index (χ4v) is 2.45. The fourth-order valence-electron chi connectivity index (χ4n) is 1.62. The summed E-state index contributed by atoms with van der Waals surface area (Å²) in [6, 6.07) is 9.45. The zero-order valence-corrected chi connectivity index (χ0v) is 10.8. The van der Waals surface area contributed by atoms with Crippen LogP contribution in [0.4, 0.5) is 0 Å². The Bertz CT molecular complexity index is 527. The lowest BCUT2D eigenvalue weighted by molar-refractivity contribution is 0.144. The van der Waals surface area contributed by atoms with Gasteiger partial charge in [0.05, 0.1) is 6.26 Å². The lowest BCUT2D eigenvalue weighted by Gasteiger charge is -2.14. The molecular weight excluding hydrogens is 248 g/mol. The second kappa shape index (κ2) is 5.83. The first-order valence-corrected chi connectivity index (χ1v) is 6.47. The van der Waals surface area contributed by atoms with Crippen molar-refractivity contribution in [2.75, 3.05) is 6.54 Å².